The fraction of sp³-hybridized carbons (Fsp3) is 0.211. The van der Waals surface area contributed by atoms with E-state index in [9.17, 15) is 9.59 Å². The molecule has 8 heteroatoms. The molecule has 0 saturated heterocycles. The minimum absolute atomic E-state index is 0.224. The summed E-state index contributed by atoms with van der Waals surface area (Å²) in [5.74, 6) is -0.261. The number of rotatable bonds is 7. The molecule has 0 unspecified atom stereocenters. The van der Waals surface area contributed by atoms with Crippen molar-refractivity contribution in [2.24, 2.45) is 4.99 Å². The third kappa shape index (κ3) is 5.42. The molecule has 6 nitrogen and oxygen atoms in total. The Bertz CT molecular complexity index is 976. The summed E-state index contributed by atoms with van der Waals surface area (Å²) in [5.41, 5.74) is 0.965. The first-order chi connectivity index (χ1) is 13.1. The van der Waals surface area contributed by atoms with Gasteiger partial charge in [-0.3, -0.25) is 9.59 Å². The Balaban J connectivity index is 1.53. The molecule has 27 heavy (non-hydrogen) atoms. The van der Waals surface area contributed by atoms with Crippen LogP contribution in [0.3, 0.4) is 0 Å². The van der Waals surface area contributed by atoms with E-state index in [2.05, 4.69) is 10.3 Å². The van der Waals surface area contributed by atoms with Crippen molar-refractivity contribution in [1.29, 1.82) is 0 Å². The maximum atomic E-state index is 12.1. The van der Waals surface area contributed by atoms with E-state index >= 15 is 0 Å². The standard InChI is InChI=1S/C19H18ClN3O3S/c20-15-6-2-1-5-14(15)13-23-10-12-27-19(23)22-17(24)8-3-9-21-18(25)16-7-4-11-26-16/h1-2,4-7,10-12H,3,8-9,13H2,(H,21,25). The Morgan fingerprint density at radius 1 is 1.22 bits per heavy atom. The lowest BCUT2D eigenvalue weighted by Gasteiger charge is -2.05. The zero-order valence-corrected chi connectivity index (χ0v) is 16.0. The molecule has 0 atom stereocenters. The van der Waals surface area contributed by atoms with Crippen LogP contribution in [0.1, 0.15) is 29.0 Å². The number of thiazole rings is 1. The number of benzene rings is 1. The van der Waals surface area contributed by atoms with Gasteiger partial charge in [0.05, 0.1) is 12.8 Å². The van der Waals surface area contributed by atoms with E-state index in [1.54, 1.807) is 12.1 Å². The summed E-state index contributed by atoms with van der Waals surface area (Å²) < 4.78 is 6.90. The molecular formula is C19H18ClN3O3S. The molecule has 0 bridgehead atoms. The van der Waals surface area contributed by atoms with Gasteiger partial charge in [0.15, 0.2) is 10.6 Å². The molecular weight excluding hydrogens is 386 g/mol. The van der Waals surface area contributed by atoms with Crippen molar-refractivity contribution >= 4 is 34.8 Å². The van der Waals surface area contributed by atoms with Crippen molar-refractivity contribution in [3.63, 3.8) is 0 Å². The van der Waals surface area contributed by atoms with Crippen LogP contribution in [0.4, 0.5) is 0 Å². The second kappa shape index (κ2) is 9.34. The normalized spacial score (nSPS) is 11.5. The van der Waals surface area contributed by atoms with Crippen LogP contribution in [0.5, 0.6) is 0 Å². The van der Waals surface area contributed by atoms with Crippen molar-refractivity contribution in [3.8, 4) is 0 Å². The van der Waals surface area contributed by atoms with Crippen LogP contribution < -0.4 is 10.1 Å². The maximum Gasteiger partial charge on any atom is 0.286 e. The summed E-state index contributed by atoms with van der Waals surface area (Å²) in [6.45, 7) is 0.930. The van der Waals surface area contributed by atoms with Crippen LogP contribution >= 0.6 is 22.9 Å². The highest BCUT2D eigenvalue weighted by molar-refractivity contribution is 7.07. The Morgan fingerprint density at radius 2 is 2.07 bits per heavy atom. The second-order valence-corrected chi connectivity index (χ2v) is 7.03. The largest absolute Gasteiger partial charge is 0.459 e. The third-order valence-corrected chi connectivity index (χ3v) is 4.94. The molecule has 0 aliphatic heterocycles. The monoisotopic (exact) mass is 403 g/mol. The summed E-state index contributed by atoms with van der Waals surface area (Å²) in [7, 11) is 0. The molecule has 0 saturated carbocycles. The van der Waals surface area contributed by atoms with Gasteiger partial charge >= 0.3 is 0 Å². The van der Waals surface area contributed by atoms with Crippen LogP contribution in [-0.2, 0) is 11.3 Å². The number of halogens is 1. The van der Waals surface area contributed by atoms with E-state index in [0.29, 0.717) is 29.3 Å². The van der Waals surface area contributed by atoms with E-state index < -0.39 is 0 Å². The first kappa shape index (κ1) is 19.1. The van der Waals surface area contributed by atoms with E-state index in [1.807, 2.05) is 40.4 Å². The van der Waals surface area contributed by atoms with Gasteiger partial charge in [0.25, 0.3) is 5.91 Å². The summed E-state index contributed by atoms with van der Waals surface area (Å²) in [6, 6.07) is 10.8. The molecule has 2 heterocycles. The van der Waals surface area contributed by atoms with Crippen molar-refractivity contribution in [2.45, 2.75) is 19.4 Å². The van der Waals surface area contributed by atoms with Crippen molar-refractivity contribution in [3.05, 3.63) is 75.4 Å². The summed E-state index contributed by atoms with van der Waals surface area (Å²) in [4.78, 5) is 28.7. The first-order valence-electron chi connectivity index (χ1n) is 8.40. The van der Waals surface area contributed by atoms with Gasteiger partial charge in [0.1, 0.15) is 0 Å². The number of nitrogens with one attached hydrogen (secondary N) is 1. The molecule has 2 amide bonds. The molecule has 1 N–H and O–H groups in total. The molecule has 1 aromatic carbocycles. The number of hydrogen-bond donors (Lipinski definition) is 1. The summed E-state index contributed by atoms with van der Waals surface area (Å²) in [6.07, 6.45) is 4.08. The predicted molar refractivity (Wildman–Crippen MR) is 104 cm³/mol. The van der Waals surface area contributed by atoms with E-state index in [0.717, 1.165) is 5.56 Å². The van der Waals surface area contributed by atoms with Crippen LogP contribution in [0.15, 0.2) is 63.6 Å². The van der Waals surface area contributed by atoms with Crippen molar-refractivity contribution < 1.29 is 14.0 Å². The minimum Gasteiger partial charge on any atom is -0.459 e. The molecule has 0 radical (unpaired) electrons. The topological polar surface area (TPSA) is 76.6 Å². The number of hydrogen-bond acceptors (Lipinski definition) is 4. The number of furan rings is 1. The molecule has 0 aliphatic rings. The highest BCUT2D eigenvalue weighted by Crippen LogP contribution is 2.15. The Hall–Kier alpha value is -2.64. The van der Waals surface area contributed by atoms with Crippen LogP contribution in [-0.4, -0.2) is 22.9 Å². The van der Waals surface area contributed by atoms with E-state index in [4.69, 9.17) is 16.0 Å². The fourth-order valence-corrected chi connectivity index (χ4v) is 3.36. The summed E-state index contributed by atoms with van der Waals surface area (Å²) in [5, 5.41) is 5.27. The van der Waals surface area contributed by atoms with Gasteiger partial charge < -0.3 is 14.3 Å². The quantitative estimate of drug-likeness (QED) is 0.613. The zero-order chi connectivity index (χ0) is 19.1. The van der Waals surface area contributed by atoms with Gasteiger partial charge in [0, 0.05) is 29.6 Å². The van der Waals surface area contributed by atoms with Crippen LogP contribution in [0, 0.1) is 0 Å². The number of carbonyl (C=O) groups is 2. The number of amides is 2. The number of nitrogens with zero attached hydrogens (tertiary/aromatic N) is 2. The Morgan fingerprint density at radius 3 is 2.85 bits per heavy atom. The first-order valence-corrected chi connectivity index (χ1v) is 9.66. The average molecular weight is 404 g/mol. The van der Waals surface area contributed by atoms with Crippen molar-refractivity contribution in [1.82, 2.24) is 9.88 Å². The maximum absolute atomic E-state index is 12.1. The third-order valence-electron chi connectivity index (χ3n) is 3.78. The second-order valence-electron chi connectivity index (χ2n) is 5.75. The molecule has 3 rings (SSSR count). The van der Waals surface area contributed by atoms with E-state index in [1.165, 1.54) is 17.6 Å². The van der Waals surface area contributed by atoms with Gasteiger partial charge in [-0.2, -0.15) is 4.99 Å². The van der Waals surface area contributed by atoms with Crippen LogP contribution in [0.2, 0.25) is 5.02 Å². The molecule has 0 spiro atoms. The van der Waals surface area contributed by atoms with Gasteiger partial charge in [-0.05, 0) is 30.2 Å². The number of aromatic nitrogens is 1. The SMILES string of the molecule is O=C(CCCNC(=O)c1ccco1)N=c1sccn1Cc1ccccc1Cl. The predicted octanol–water partition coefficient (Wildman–Crippen LogP) is 3.48. The smallest absolute Gasteiger partial charge is 0.286 e. The fourth-order valence-electron chi connectivity index (χ4n) is 2.42. The zero-order valence-electron chi connectivity index (χ0n) is 14.4. The molecule has 3 aromatic rings. The molecule has 0 aliphatic carbocycles. The minimum atomic E-state index is -0.291. The molecule has 0 fully saturated rings. The lowest BCUT2D eigenvalue weighted by molar-refractivity contribution is -0.118. The van der Waals surface area contributed by atoms with Crippen LogP contribution in [0.25, 0.3) is 0 Å². The summed E-state index contributed by atoms with van der Waals surface area (Å²) >= 11 is 7.59. The Labute approximate surface area is 165 Å². The van der Waals surface area contributed by atoms with Gasteiger partial charge in [0.2, 0.25) is 5.91 Å². The van der Waals surface area contributed by atoms with Gasteiger partial charge in [-0.1, -0.05) is 29.8 Å². The van der Waals surface area contributed by atoms with Gasteiger partial charge in [-0.25, -0.2) is 0 Å². The Kier molecular flexibility index (Phi) is 6.62. The number of carbonyl (C=O) groups excluding carboxylic acids is 2. The average Bonchev–Trinajstić information content (AvgIpc) is 3.33. The molecule has 2 aromatic heterocycles. The lowest BCUT2D eigenvalue weighted by atomic mass is 10.2. The van der Waals surface area contributed by atoms with E-state index in [-0.39, 0.29) is 24.0 Å². The van der Waals surface area contributed by atoms with Gasteiger partial charge in [-0.15, -0.1) is 11.3 Å². The highest BCUT2D eigenvalue weighted by Gasteiger charge is 2.08. The van der Waals surface area contributed by atoms with Crippen molar-refractivity contribution in [2.75, 3.05) is 6.54 Å². The lowest BCUT2D eigenvalue weighted by Crippen LogP contribution is -2.24. The molecule has 140 valence electrons. The highest BCUT2D eigenvalue weighted by atomic mass is 35.5.